The molecule has 33 heavy (non-hydrogen) atoms. The molecule has 2 amide bonds. The molecule has 1 aliphatic heterocycles. The van der Waals surface area contributed by atoms with Gasteiger partial charge in [-0.25, -0.2) is 9.59 Å². The first-order valence-electron chi connectivity index (χ1n) is 10.9. The van der Waals surface area contributed by atoms with Crippen LogP contribution < -0.4 is 10.6 Å². The van der Waals surface area contributed by atoms with Gasteiger partial charge in [0.15, 0.2) is 0 Å². The van der Waals surface area contributed by atoms with Crippen LogP contribution in [0.1, 0.15) is 22.7 Å². The van der Waals surface area contributed by atoms with Crippen molar-refractivity contribution >= 4 is 17.9 Å². The number of hydrogen-bond donors (Lipinski definition) is 2. The van der Waals surface area contributed by atoms with Gasteiger partial charge >= 0.3 is 12.2 Å². The maximum atomic E-state index is 12.8. The van der Waals surface area contributed by atoms with Crippen LogP contribution in [-0.4, -0.2) is 36.7 Å². The van der Waals surface area contributed by atoms with E-state index in [0.29, 0.717) is 25.3 Å². The van der Waals surface area contributed by atoms with E-state index in [1.54, 1.807) is 17.0 Å². The van der Waals surface area contributed by atoms with Crippen molar-refractivity contribution < 1.29 is 19.1 Å². The van der Waals surface area contributed by atoms with Gasteiger partial charge in [0.1, 0.15) is 13.2 Å². The zero-order chi connectivity index (χ0) is 22.9. The van der Waals surface area contributed by atoms with Crippen LogP contribution in [0.15, 0.2) is 84.9 Å². The Bertz CT molecular complexity index is 1040. The second kappa shape index (κ2) is 11.2. The van der Waals surface area contributed by atoms with Crippen LogP contribution in [0.4, 0.5) is 15.3 Å². The van der Waals surface area contributed by atoms with Crippen molar-refractivity contribution in [3.8, 4) is 0 Å². The third kappa shape index (κ3) is 6.33. The monoisotopic (exact) mass is 445 g/mol. The van der Waals surface area contributed by atoms with Crippen molar-refractivity contribution in [2.24, 2.45) is 0 Å². The molecule has 1 atom stereocenters. The van der Waals surface area contributed by atoms with E-state index in [-0.39, 0.29) is 25.3 Å². The summed E-state index contributed by atoms with van der Waals surface area (Å²) >= 11 is 0. The number of nitrogens with one attached hydrogen (secondary N) is 2. The normalized spacial score (nSPS) is 15.5. The number of carbonyl (C=O) groups is 2. The third-order valence-corrected chi connectivity index (χ3v) is 5.44. The number of ether oxygens (including phenoxy) is 2. The minimum absolute atomic E-state index is 0.152. The fraction of sp³-hybridized carbons (Fsp3) is 0.231. The molecule has 4 rings (SSSR count). The Kier molecular flexibility index (Phi) is 7.56. The molecular formula is C26H27N3O4. The standard InChI is InChI=1S/C26H27N3O4/c30-25(32-18-20-7-3-1-4-8-20)28-23-13-11-22(12-14-23)24-17-27-15-16-29(24)26(31)33-19-21-9-5-2-6-10-21/h1-14,24,27H,15-19H2,(H,28,30). The van der Waals surface area contributed by atoms with Crippen molar-refractivity contribution in [3.05, 3.63) is 102 Å². The first kappa shape index (κ1) is 22.4. The van der Waals surface area contributed by atoms with Crippen molar-refractivity contribution in [1.29, 1.82) is 0 Å². The smallest absolute Gasteiger partial charge is 0.411 e. The quantitative estimate of drug-likeness (QED) is 0.574. The highest BCUT2D eigenvalue weighted by atomic mass is 16.6. The molecule has 7 nitrogen and oxygen atoms in total. The van der Waals surface area contributed by atoms with Crippen LogP contribution in [0.5, 0.6) is 0 Å². The highest BCUT2D eigenvalue weighted by molar-refractivity contribution is 5.84. The van der Waals surface area contributed by atoms with E-state index < -0.39 is 6.09 Å². The SMILES string of the molecule is O=C(Nc1ccc(C2CNCCN2C(=O)OCc2ccccc2)cc1)OCc1ccccc1. The fourth-order valence-corrected chi connectivity index (χ4v) is 3.69. The van der Waals surface area contributed by atoms with Gasteiger partial charge in [-0.1, -0.05) is 72.8 Å². The Morgan fingerprint density at radius 3 is 2.09 bits per heavy atom. The molecule has 170 valence electrons. The van der Waals surface area contributed by atoms with E-state index in [2.05, 4.69) is 10.6 Å². The van der Waals surface area contributed by atoms with Crippen LogP contribution in [-0.2, 0) is 22.7 Å². The van der Waals surface area contributed by atoms with Crippen LogP contribution >= 0.6 is 0 Å². The molecule has 0 radical (unpaired) electrons. The van der Waals surface area contributed by atoms with E-state index in [1.165, 1.54) is 0 Å². The molecule has 1 saturated heterocycles. The Morgan fingerprint density at radius 2 is 1.45 bits per heavy atom. The Balaban J connectivity index is 1.33. The number of hydrogen-bond acceptors (Lipinski definition) is 5. The molecular weight excluding hydrogens is 418 g/mol. The van der Waals surface area contributed by atoms with Gasteiger partial charge in [-0.3, -0.25) is 10.2 Å². The molecule has 1 unspecified atom stereocenters. The molecule has 1 heterocycles. The molecule has 1 fully saturated rings. The van der Waals surface area contributed by atoms with Crippen LogP contribution in [0.25, 0.3) is 0 Å². The number of benzene rings is 3. The van der Waals surface area contributed by atoms with E-state index in [4.69, 9.17) is 9.47 Å². The summed E-state index contributed by atoms with van der Waals surface area (Å²) in [4.78, 5) is 26.6. The number of carbonyl (C=O) groups excluding carboxylic acids is 2. The average Bonchev–Trinajstić information content (AvgIpc) is 2.88. The van der Waals surface area contributed by atoms with Gasteiger partial charge in [0, 0.05) is 25.3 Å². The zero-order valence-corrected chi connectivity index (χ0v) is 18.3. The second-order valence-electron chi connectivity index (χ2n) is 7.76. The molecule has 3 aromatic rings. The topological polar surface area (TPSA) is 79.9 Å². The largest absolute Gasteiger partial charge is 0.445 e. The lowest BCUT2D eigenvalue weighted by atomic mass is 10.0. The van der Waals surface area contributed by atoms with E-state index in [0.717, 1.165) is 16.7 Å². The molecule has 7 heteroatoms. The predicted octanol–water partition coefficient (Wildman–Crippen LogP) is 4.72. The van der Waals surface area contributed by atoms with E-state index >= 15 is 0 Å². The first-order valence-corrected chi connectivity index (χ1v) is 10.9. The van der Waals surface area contributed by atoms with Gasteiger partial charge in [0.2, 0.25) is 0 Å². The average molecular weight is 446 g/mol. The van der Waals surface area contributed by atoms with Crippen molar-refractivity contribution in [3.63, 3.8) is 0 Å². The zero-order valence-electron chi connectivity index (χ0n) is 18.3. The lowest BCUT2D eigenvalue weighted by molar-refractivity contribution is 0.0720. The highest BCUT2D eigenvalue weighted by Gasteiger charge is 2.29. The van der Waals surface area contributed by atoms with Crippen molar-refractivity contribution in [2.45, 2.75) is 19.3 Å². The summed E-state index contributed by atoms with van der Waals surface area (Å²) < 4.78 is 10.8. The lowest BCUT2D eigenvalue weighted by Gasteiger charge is -2.35. The summed E-state index contributed by atoms with van der Waals surface area (Å²) in [5.41, 5.74) is 3.46. The second-order valence-corrected chi connectivity index (χ2v) is 7.76. The van der Waals surface area contributed by atoms with Gasteiger partial charge in [0.05, 0.1) is 6.04 Å². The molecule has 1 aliphatic rings. The van der Waals surface area contributed by atoms with Gasteiger partial charge < -0.3 is 14.8 Å². The molecule has 3 aromatic carbocycles. The van der Waals surface area contributed by atoms with Gasteiger partial charge in [0.25, 0.3) is 0 Å². The minimum Gasteiger partial charge on any atom is -0.445 e. The molecule has 0 saturated carbocycles. The van der Waals surface area contributed by atoms with Crippen LogP contribution in [0, 0.1) is 0 Å². The Labute approximate surface area is 193 Å². The van der Waals surface area contributed by atoms with Crippen molar-refractivity contribution in [1.82, 2.24) is 10.2 Å². The number of amides is 2. The Morgan fingerprint density at radius 1 is 0.848 bits per heavy atom. The van der Waals surface area contributed by atoms with Gasteiger partial charge in [-0.2, -0.15) is 0 Å². The summed E-state index contributed by atoms with van der Waals surface area (Å²) in [6, 6.07) is 26.4. The first-order chi connectivity index (χ1) is 16.2. The molecule has 2 N–H and O–H groups in total. The number of piperazine rings is 1. The van der Waals surface area contributed by atoms with Gasteiger partial charge in [-0.05, 0) is 28.8 Å². The molecule has 0 aromatic heterocycles. The highest BCUT2D eigenvalue weighted by Crippen LogP contribution is 2.25. The predicted molar refractivity (Wildman–Crippen MR) is 126 cm³/mol. The number of anilines is 1. The van der Waals surface area contributed by atoms with Crippen molar-refractivity contribution in [2.75, 3.05) is 25.0 Å². The minimum atomic E-state index is -0.517. The fourth-order valence-electron chi connectivity index (χ4n) is 3.69. The summed E-state index contributed by atoms with van der Waals surface area (Å²) in [6.07, 6.45) is -0.853. The van der Waals surface area contributed by atoms with E-state index in [9.17, 15) is 9.59 Å². The van der Waals surface area contributed by atoms with Crippen LogP contribution in [0.2, 0.25) is 0 Å². The van der Waals surface area contributed by atoms with E-state index in [1.807, 2.05) is 72.8 Å². The third-order valence-electron chi connectivity index (χ3n) is 5.44. The molecule has 0 aliphatic carbocycles. The lowest BCUT2D eigenvalue weighted by Crippen LogP contribution is -2.48. The summed E-state index contributed by atoms with van der Waals surface area (Å²) in [5, 5.41) is 6.06. The number of rotatable bonds is 6. The number of nitrogens with zero attached hydrogens (tertiary/aromatic N) is 1. The summed E-state index contributed by atoms with van der Waals surface area (Å²) in [6.45, 7) is 2.35. The maximum Gasteiger partial charge on any atom is 0.411 e. The van der Waals surface area contributed by atoms with Gasteiger partial charge in [-0.15, -0.1) is 0 Å². The summed E-state index contributed by atoms with van der Waals surface area (Å²) in [5.74, 6) is 0. The van der Waals surface area contributed by atoms with Crippen LogP contribution in [0.3, 0.4) is 0 Å². The molecule has 0 spiro atoms. The molecule has 0 bridgehead atoms. The summed E-state index contributed by atoms with van der Waals surface area (Å²) in [7, 11) is 0. The maximum absolute atomic E-state index is 12.8. The Hall–Kier alpha value is -3.84.